The van der Waals surface area contributed by atoms with Gasteiger partial charge in [0.05, 0.1) is 22.3 Å². The Kier molecular flexibility index (Phi) is 6.15. The zero-order valence-corrected chi connectivity index (χ0v) is 21.4. The number of pyridine rings is 2. The molecule has 0 radical (unpaired) electrons. The number of halogens is 3. The molecular weight excluding hydrogens is 496 g/mol. The van der Waals surface area contributed by atoms with Crippen molar-refractivity contribution in [2.24, 2.45) is 0 Å². The molecule has 1 N–H and O–H groups in total. The van der Waals surface area contributed by atoms with E-state index in [-0.39, 0.29) is 0 Å². The molecule has 1 amide bonds. The molecule has 0 unspecified atom stereocenters. The van der Waals surface area contributed by atoms with Crippen molar-refractivity contribution in [1.82, 2.24) is 15.3 Å². The predicted octanol–water partition coefficient (Wildman–Crippen LogP) is 7.77. The van der Waals surface area contributed by atoms with Crippen LogP contribution in [0.5, 0.6) is 0 Å². The van der Waals surface area contributed by atoms with E-state index in [2.05, 4.69) is 10.3 Å². The second kappa shape index (κ2) is 9.06. The summed E-state index contributed by atoms with van der Waals surface area (Å²) < 4.78 is 33.4. The molecule has 37 heavy (non-hydrogen) atoms. The molecule has 0 atom stereocenters. The fourth-order valence-electron chi connectivity index (χ4n) is 4.73. The largest absolute Gasteiger partial charge is 0.444 e. The van der Waals surface area contributed by atoms with Crippen molar-refractivity contribution in [3.05, 3.63) is 83.5 Å². The van der Waals surface area contributed by atoms with Crippen molar-refractivity contribution in [3.63, 3.8) is 0 Å². The van der Waals surface area contributed by atoms with E-state index in [1.807, 2.05) is 54.6 Å². The molecule has 1 aliphatic carbocycles. The van der Waals surface area contributed by atoms with Gasteiger partial charge >= 0.3 is 6.09 Å². The van der Waals surface area contributed by atoms with E-state index in [0.717, 1.165) is 22.4 Å². The second-order valence-corrected chi connectivity index (χ2v) is 10.8. The molecule has 8 heteroatoms. The maximum atomic E-state index is 14.1. The second-order valence-electron chi connectivity index (χ2n) is 10.4. The summed E-state index contributed by atoms with van der Waals surface area (Å²) in [6.07, 6.45) is -1.70. The summed E-state index contributed by atoms with van der Waals surface area (Å²) in [5, 5.41) is 3.09. The Hall–Kier alpha value is -3.58. The third-order valence-electron chi connectivity index (χ3n) is 6.29. The average Bonchev–Trinajstić information content (AvgIpc) is 2.81. The Bertz CT molecular complexity index is 1460. The highest BCUT2D eigenvalue weighted by molar-refractivity contribution is 6.29. The van der Waals surface area contributed by atoms with Gasteiger partial charge in [-0.1, -0.05) is 66.2 Å². The van der Waals surface area contributed by atoms with Crippen LogP contribution >= 0.6 is 11.6 Å². The lowest BCUT2D eigenvalue weighted by Crippen LogP contribution is -2.60. The summed E-state index contributed by atoms with van der Waals surface area (Å²) in [6.45, 7) is 5.19. The van der Waals surface area contributed by atoms with Crippen LogP contribution in [0.1, 0.15) is 39.2 Å². The third-order valence-corrected chi connectivity index (χ3v) is 6.50. The Balaban J connectivity index is 1.54. The highest BCUT2D eigenvalue weighted by Gasteiger charge is 2.58. The zero-order valence-electron chi connectivity index (χ0n) is 20.7. The number of alkyl halides is 2. The van der Waals surface area contributed by atoms with Crippen LogP contribution in [-0.2, 0) is 10.3 Å². The average molecular weight is 522 g/mol. The van der Waals surface area contributed by atoms with Gasteiger partial charge < -0.3 is 10.1 Å². The fourth-order valence-corrected chi connectivity index (χ4v) is 4.88. The molecular formula is C29H26ClF2N3O2. The van der Waals surface area contributed by atoms with Crippen LogP contribution in [0.3, 0.4) is 0 Å². The van der Waals surface area contributed by atoms with Gasteiger partial charge in [0.25, 0.3) is 5.92 Å². The van der Waals surface area contributed by atoms with Gasteiger partial charge in [-0.15, -0.1) is 0 Å². The van der Waals surface area contributed by atoms with Gasteiger partial charge in [0, 0.05) is 24.0 Å². The highest BCUT2D eigenvalue weighted by atomic mass is 35.5. The monoisotopic (exact) mass is 521 g/mol. The van der Waals surface area contributed by atoms with Crippen molar-refractivity contribution in [2.45, 2.75) is 50.7 Å². The van der Waals surface area contributed by atoms with E-state index >= 15 is 0 Å². The summed E-state index contributed by atoms with van der Waals surface area (Å²) in [4.78, 5) is 21.8. The van der Waals surface area contributed by atoms with Crippen LogP contribution in [-0.4, -0.2) is 27.6 Å². The molecule has 2 heterocycles. The predicted molar refractivity (Wildman–Crippen MR) is 141 cm³/mol. The molecule has 190 valence electrons. The first kappa shape index (κ1) is 25.1. The molecule has 1 fully saturated rings. The smallest absolute Gasteiger partial charge is 0.408 e. The van der Waals surface area contributed by atoms with Crippen LogP contribution in [0.2, 0.25) is 5.15 Å². The van der Waals surface area contributed by atoms with Crippen LogP contribution in [0.15, 0.2) is 72.8 Å². The SMILES string of the molecule is CC(C)(C)OC(=O)NC1(c2ccc(-c3nc4ccc(Cl)nc4cc3-c3ccccc3)cc2)CC(F)(F)C1. The Morgan fingerprint density at radius 3 is 2.22 bits per heavy atom. The molecule has 1 saturated carbocycles. The minimum Gasteiger partial charge on any atom is -0.444 e. The number of ether oxygens (including phenoxy) is 1. The van der Waals surface area contributed by atoms with Crippen molar-refractivity contribution in [1.29, 1.82) is 0 Å². The van der Waals surface area contributed by atoms with E-state index < -0.39 is 36.0 Å². The molecule has 5 rings (SSSR count). The first-order chi connectivity index (χ1) is 17.4. The summed E-state index contributed by atoms with van der Waals surface area (Å²) in [7, 11) is 0. The lowest BCUT2D eigenvalue weighted by molar-refractivity contribution is -0.136. The molecule has 4 aromatic rings. The minimum absolute atomic E-state index is 0.380. The van der Waals surface area contributed by atoms with Crippen molar-refractivity contribution < 1.29 is 18.3 Å². The van der Waals surface area contributed by atoms with Crippen LogP contribution in [0, 0.1) is 0 Å². The number of rotatable bonds is 4. The molecule has 0 bridgehead atoms. The number of benzene rings is 2. The van der Waals surface area contributed by atoms with E-state index in [1.165, 1.54) is 0 Å². The number of carbonyl (C=O) groups is 1. The molecule has 0 aliphatic heterocycles. The van der Waals surface area contributed by atoms with Gasteiger partial charge in [0.2, 0.25) is 0 Å². The van der Waals surface area contributed by atoms with Crippen LogP contribution in [0.4, 0.5) is 13.6 Å². The highest BCUT2D eigenvalue weighted by Crippen LogP contribution is 2.52. The van der Waals surface area contributed by atoms with E-state index in [4.69, 9.17) is 21.3 Å². The van der Waals surface area contributed by atoms with Gasteiger partial charge in [-0.3, -0.25) is 0 Å². The van der Waals surface area contributed by atoms with Crippen molar-refractivity contribution >= 4 is 28.7 Å². The first-order valence-corrected chi connectivity index (χ1v) is 12.3. The number of hydrogen-bond donors (Lipinski definition) is 1. The van der Waals surface area contributed by atoms with E-state index in [1.54, 1.807) is 39.0 Å². The number of amides is 1. The summed E-state index contributed by atoms with van der Waals surface area (Å²) >= 11 is 6.11. The normalized spacial score (nSPS) is 16.2. The van der Waals surface area contributed by atoms with Crippen LogP contribution < -0.4 is 5.32 Å². The Labute approximate surface area is 218 Å². The summed E-state index contributed by atoms with van der Waals surface area (Å²) in [5.41, 5.74) is 3.35. The number of nitrogens with one attached hydrogen (secondary N) is 1. The van der Waals surface area contributed by atoms with Gasteiger partial charge in [-0.05, 0) is 50.1 Å². The third kappa shape index (κ3) is 5.27. The zero-order chi connectivity index (χ0) is 26.4. The fraction of sp³-hybridized carbons (Fsp3) is 0.276. The Morgan fingerprint density at radius 2 is 1.59 bits per heavy atom. The number of aromatic nitrogens is 2. The maximum absolute atomic E-state index is 14.1. The van der Waals surface area contributed by atoms with Crippen molar-refractivity contribution in [3.8, 4) is 22.4 Å². The lowest BCUT2D eigenvalue weighted by Gasteiger charge is -2.48. The van der Waals surface area contributed by atoms with Gasteiger partial charge in [0.15, 0.2) is 0 Å². The number of carbonyl (C=O) groups excluding carboxylic acids is 1. The molecule has 2 aromatic heterocycles. The molecule has 1 aliphatic rings. The van der Waals surface area contributed by atoms with E-state index in [0.29, 0.717) is 21.7 Å². The minimum atomic E-state index is -2.86. The number of fused-ring (bicyclic) bond motifs is 1. The number of nitrogens with zero attached hydrogens (tertiary/aromatic N) is 2. The summed E-state index contributed by atoms with van der Waals surface area (Å²) in [5.74, 6) is -2.86. The molecule has 0 spiro atoms. The summed E-state index contributed by atoms with van der Waals surface area (Å²) in [6, 6.07) is 22.5. The lowest BCUT2D eigenvalue weighted by atomic mass is 9.69. The number of alkyl carbamates (subject to hydrolysis) is 1. The van der Waals surface area contributed by atoms with Gasteiger partial charge in [-0.25, -0.2) is 23.5 Å². The quantitative estimate of drug-likeness (QED) is 0.279. The number of hydrogen-bond acceptors (Lipinski definition) is 4. The maximum Gasteiger partial charge on any atom is 0.408 e. The van der Waals surface area contributed by atoms with Crippen molar-refractivity contribution in [2.75, 3.05) is 0 Å². The van der Waals surface area contributed by atoms with Gasteiger partial charge in [-0.2, -0.15) is 0 Å². The topological polar surface area (TPSA) is 64.1 Å². The first-order valence-electron chi connectivity index (χ1n) is 12.0. The molecule has 5 nitrogen and oxygen atoms in total. The van der Waals surface area contributed by atoms with E-state index in [9.17, 15) is 13.6 Å². The standard InChI is InChI=1S/C29H26ClF2N3O2/c1-27(2,3)37-26(36)35-28(16-29(31,32)17-28)20-11-9-19(10-12-20)25-21(18-7-5-4-6-8-18)15-23-22(34-25)13-14-24(30)33-23/h4-15H,16-17H2,1-3H3,(H,35,36). The van der Waals surface area contributed by atoms with Crippen LogP contribution in [0.25, 0.3) is 33.4 Å². The van der Waals surface area contributed by atoms with Gasteiger partial charge in [0.1, 0.15) is 10.8 Å². The Morgan fingerprint density at radius 1 is 0.919 bits per heavy atom. The molecule has 2 aromatic carbocycles. The molecule has 0 saturated heterocycles.